The van der Waals surface area contributed by atoms with E-state index in [1.54, 1.807) is 42.5 Å². The van der Waals surface area contributed by atoms with Crippen LogP contribution in [0.4, 0.5) is 5.69 Å². The van der Waals surface area contributed by atoms with Gasteiger partial charge in [0, 0.05) is 29.8 Å². The minimum atomic E-state index is -0.906. The molecule has 0 aromatic heterocycles. The summed E-state index contributed by atoms with van der Waals surface area (Å²) in [5, 5.41) is 5.70. The second-order valence-corrected chi connectivity index (χ2v) is 7.86. The molecule has 0 saturated heterocycles. The Morgan fingerprint density at radius 2 is 1.75 bits per heavy atom. The van der Waals surface area contributed by atoms with Gasteiger partial charge in [-0.05, 0) is 53.8 Å². The predicted octanol–water partition coefficient (Wildman–Crippen LogP) is 3.77. The zero-order valence-corrected chi connectivity index (χ0v) is 17.6. The highest BCUT2D eigenvalue weighted by Crippen LogP contribution is 2.25. The number of ketones is 1. The van der Waals surface area contributed by atoms with Gasteiger partial charge in [0.1, 0.15) is 6.04 Å². The molecule has 0 fully saturated rings. The number of anilines is 1. The molecule has 6 nitrogen and oxygen atoms in total. The smallest absolute Gasteiger partial charge is 0.252 e. The number of nitrogens with one attached hydrogen (secondary N) is 2. The van der Waals surface area contributed by atoms with E-state index < -0.39 is 6.04 Å². The van der Waals surface area contributed by atoms with Gasteiger partial charge in [-0.2, -0.15) is 0 Å². The number of hydrogen-bond donors (Lipinski definition) is 3. The Morgan fingerprint density at radius 1 is 0.938 bits per heavy atom. The largest absolute Gasteiger partial charge is 0.336 e. The monoisotopic (exact) mass is 427 g/mol. The zero-order valence-electron chi connectivity index (χ0n) is 17.6. The second kappa shape index (κ2) is 9.58. The third-order valence-corrected chi connectivity index (χ3v) is 5.62. The topological polar surface area (TPSA) is 101 Å². The molecule has 4 rings (SSSR count). The first-order chi connectivity index (χ1) is 15.5. The molecule has 0 spiro atoms. The molecule has 0 heterocycles. The van der Waals surface area contributed by atoms with Gasteiger partial charge in [-0.15, -0.1) is 0 Å². The van der Waals surface area contributed by atoms with Gasteiger partial charge in [0.2, 0.25) is 0 Å². The first-order valence-corrected chi connectivity index (χ1v) is 10.7. The number of carbonyl (C=O) groups is 3. The van der Waals surface area contributed by atoms with E-state index in [4.69, 9.17) is 5.73 Å². The highest BCUT2D eigenvalue weighted by molar-refractivity contribution is 6.03. The Kier molecular flexibility index (Phi) is 6.42. The first kappa shape index (κ1) is 21.5. The lowest BCUT2D eigenvalue weighted by molar-refractivity contribution is -0.118. The number of aryl methyl sites for hydroxylation is 1. The van der Waals surface area contributed by atoms with Crippen molar-refractivity contribution in [1.82, 2.24) is 5.32 Å². The van der Waals surface area contributed by atoms with Gasteiger partial charge in [0.05, 0.1) is 0 Å². The van der Waals surface area contributed by atoms with Crippen molar-refractivity contribution >= 4 is 23.3 Å². The number of amides is 2. The summed E-state index contributed by atoms with van der Waals surface area (Å²) in [6, 6.07) is 20.6. The average Bonchev–Trinajstić information content (AvgIpc) is 2.83. The van der Waals surface area contributed by atoms with Crippen molar-refractivity contribution in [3.05, 3.63) is 101 Å². The summed E-state index contributed by atoms with van der Waals surface area (Å²) in [7, 11) is 0. The van der Waals surface area contributed by atoms with Crippen molar-refractivity contribution in [2.75, 3.05) is 5.32 Å². The Hall–Kier alpha value is -3.77. The van der Waals surface area contributed by atoms with Crippen LogP contribution in [-0.2, 0) is 17.8 Å². The number of carbonyl (C=O) groups excluding carboxylic acids is 3. The predicted molar refractivity (Wildman–Crippen MR) is 123 cm³/mol. The van der Waals surface area contributed by atoms with Crippen LogP contribution in [0.3, 0.4) is 0 Å². The fourth-order valence-corrected chi connectivity index (χ4v) is 3.92. The molecule has 1 aliphatic rings. The molecule has 1 unspecified atom stereocenters. The molecular formula is C26H25N3O3. The van der Waals surface area contributed by atoms with Crippen LogP contribution >= 0.6 is 0 Å². The highest BCUT2D eigenvalue weighted by Gasteiger charge is 2.24. The van der Waals surface area contributed by atoms with E-state index in [2.05, 4.69) is 10.6 Å². The number of fused-ring (bicyclic) bond motifs is 1. The summed E-state index contributed by atoms with van der Waals surface area (Å²) in [5.74, 6) is -0.664. The number of hydrogen-bond acceptors (Lipinski definition) is 4. The number of benzene rings is 3. The lowest BCUT2D eigenvalue weighted by Crippen LogP contribution is -2.37. The Labute approximate surface area is 186 Å². The molecule has 0 aliphatic heterocycles. The number of nitrogens with two attached hydrogens (primary N) is 1. The van der Waals surface area contributed by atoms with Gasteiger partial charge in [0.15, 0.2) is 5.78 Å². The fourth-order valence-electron chi connectivity index (χ4n) is 3.92. The summed E-state index contributed by atoms with van der Waals surface area (Å²) in [4.78, 5) is 38.4. The molecule has 4 N–H and O–H groups in total. The van der Waals surface area contributed by atoms with Crippen molar-refractivity contribution in [3.8, 4) is 0 Å². The van der Waals surface area contributed by atoms with Crippen LogP contribution in [0.15, 0.2) is 72.8 Å². The summed E-state index contributed by atoms with van der Waals surface area (Å²) in [5.41, 5.74) is 9.80. The maximum Gasteiger partial charge on any atom is 0.252 e. The van der Waals surface area contributed by atoms with E-state index in [1.807, 2.05) is 30.3 Å². The van der Waals surface area contributed by atoms with E-state index in [0.717, 1.165) is 24.0 Å². The van der Waals surface area contributed by atoms with Crippen molar-refractivity contribution in [2.24, 2.45) is 5.73 Å². The Bertz CT molecular complexity index is 1160. The molecule has 1 aliphatic carbocycles. The first-order valence-electron chi connectivity index (χ1n) is 10.7. The van der Waals surface area contributed by atoms with Crippen LogP contribution in [0.1, 0.15) is 56.3 Å². The van der Waals surface area contributed by atoms with Crippen LogP contribution in [0, 0.1) is 0 Å². The molecule has 0 bridgehead atoms. The quantitative estimate of drug-likeness (QED) is 0.557. The fraction of sp³-hybridized carbons (Fsp3) is 0.192. The molecule has 0 saturated carbocycles. The Morgan fingerprint density at radius 3 is 2.53 bits per heavy atom. The van der Waals surface area contributed by atoms with Crippen LogP contribution in [0.5, 0.6) is 0 Å². The van der Waals surface area contributed by atoms with E-state index in [0.29, 0.717) is 35.3 Å². The molecule has 6 heteroatoms. The zero-order chi connectivity index (χ0) is 22.5. The number of rotatable bonds is 6. The van der Waals surface area contributed by atoms with Crippen LogP contribution in [0.25, 0.3) is 0 Å². The van der Waals surface area contributed by atoms with Gasteiger partial charge < -0.3 is 16.4 Å². The SMILES string of the molecule is NCc1cccc(C(=O)NC(C(=O)Nc2ccc3c(c2)C(=O)CCC3)c2ccccc2)c1. The third kappa shape index (κ3) is 4.76. The normalized spacial score (nSPS) is 13.7. The van der Waals surface area contributed by atoms with Crippen molar-refractivity contribution < 1.29 is 14.4 Å². The summed E-state index contributed by atoms with van der Waals surface area (Å²) in [6.07, 6.45) is 2.24. The van der Waals surface area contributed by atoms with Gasteiger partial charge in [-0.3, -0.25) is 14.4 Å². The van der Waals surface area contributed by atoms with Gasteiger partial charge in [-0.1, -0.05) is 48.5 Å². The van der Waals surface area contributed by atoms with Crippen LogP contribution in [0.2, 0.25) is 0 Å². The van der Waals surface area contributed by atoms with E-state index >= 15 is 0 Å². The van der Waals surface area contributed by atoms with E-state index in [-0.39, 0.29) is 17.6 Å². The van der Waals surface area contributed by atoms with Crippen LogP contribution < -0.4 is 16.4 Å². The van der Waals surface area contributed by atoms with Gasteiger partial charge in [-0.25, -0.2) is 0 Å². The molecular weight excluding hydrogens is 402 g/mol. The average molecular weight is 428 g/mol. The lowest BCUT2D eigenvalue weighted by Gasteiger charge is -2.20. The van der Waals surface area contributed by atoms with Crippen molar-refractivity contribution in [3.63, 3.8) is 0 Å². The van der Waals surface area contributed by atoms with Crippen LogP contribution in [-0.4, -0.2) is 17.6 Å². The molecule has 32 heavy (non-hydrogen) atoms. The van der Waals surface area contributed by atoms with Crippen molar-refractivity contribution in [1.29, 1.82) is 0 Å². The minimum absolute atomic E-state index is 0.0926. The van der Waals surface area contributed by atoms with E-state index in [1.165, 1.54) is 0 Å². The minimum Gasteiger partial charge on any atom is -0.336 e. The second-order valence-electron chi connectivity index (χ2n) is 7.86. The van der Waals surface area contributed by atoms with Gasteiger partial charge >= 0.3 is 0 Å². The highest BCUT2D eigenvalue weighted by atomic mass is 16.2. The Balaban J connectivity index is 1.58. The molecule has 162 valence electrons. The maximum absolute atomic E-state index is 13.2. The summed E-state index contributed by atoms with van der Waals surface area (Å²) >= 11 is 0. The van der Waals surface area contributed by atoms with Gasteiger partial charge in [0.25, 0.3) is 11.8 Å². The molecule has 0 radical (unpaired) electrons. The molecule has 2 amide bonds. The van der Waals surface area contributed by atoms with Crippen molar-refractivity contribution in [2.45, 2.75) is 31.8 Å². The number of Topliss-reactive ketones (excluding diaryl/α,β-unsaturated/α-hetero) is 1. The summed E-state index contributed by atoms with van der Waals surface area (Å²) in [6.45, 7) is 0.320. The maximum atomic E-state index is 13.2. The molecule has 3 aromatic rings. The standard InChI is InChI=1S/C26H25N3O3/c27-16-17-6-4-10-20(14-17)25(31)29-24(19-7-2-1-3-8-19)26(32)28-21-13-12-18-9-5-11-23(30)22(18)15-21/h1-4,6-8,10,12-15,24H,5,9,11,16,27H2,(H,28,32)(H,29,31). The summed E-state index contributed by atoms with van der Waals surface area (Å²) < 4.78 is 0. The molecule has 1 atom stereocenters. The van der Waals surface area contributed by atoms with E-state index in [9.17, 15) is 14.4 Å². The lowest BCUT2D eigenvalue weighted by atomic mass is 9.90. The third-order valence-electron chi connectivity index (χ3n) is 5.62. The molecule has 3 aromatic carbocycles.